The fourth-order valence-corrected chi connectivity index (χ4v) is 3.17. The first-order chi connectivity index (χ1) is 15.6. The first kappa shape index (κ1) is 21.0. The highest BCUT2D eigenvalue weighted by molar-refractivity contribution is 6.07. The molecule has 0 atom stereocenters. The van der Waals surface area contributed by atoms with Crippen molar-refractivity contribution in [2.75, 3.05) is 23.8 Å². The smallest absolute Gasteiger partial charge is 0.291 e. The van der Waals surface area contributed by atoms with Crippen molar-refractivity contribution >= 4 is 34.2 Å². The Labute approximate surface area is 183 Å². The second-order valence-corrected chi connectivity index (χ2v) is 6.73. The fraction of sp³-hybridized carbons (Fsp3) is 0.174. The normalized spacial score (nSPS) is 10.7. The van der Waals surface area contributed by atoms with Crippen LogP contribution in [0.1, 0.15) is 34.8 Å². The Morgan fingerprint density at radius 1 is 0.969 bits per heavy atom. The number of hydrogen-bond donors (Lipinski definition) is 3. The van der Waals surface area contributed by atoms with Crippen LogP contribution in [-0.4, -0.2) is 35.0 Å². The zero-order valence-electron chi connectivity index (χ0n) is 17.6. The van der Waals surface area contributed by atoms with Crippen LogP contribution in [0.25, 0.3) is 11.0 Å². The molecule has 0 fully saturated rings. The fourth-order valence-electron chi connectivity index (χ4n) is 3.17. The van der Waals surface area contributed by atoms with Crippen LogP contribution in [0.3, 0.4) is 0 Å². The molecular weight excluding hydrogens is 412 g/mol. The van der Waals surface area contributed by atoms with E-state index in [2.05, 4.69) is 20.6 Å². The summed E-state index contributed by atoms with van der Waals surface area (Å²) < 4.78 is 16.6. The van der Waals surface area contributed by atoms with Crippen LogP contribution in [0.15, 0.2) is 59.5 Å². The molecule has 3 N–H and O–H groups in total. The number of H-pyrrole nitrogens is 1. The summed E-state index contributed by atoms with van der Waals surface area (Å²) in [6.45, 7) is 4.38. The molecule has 4 rings (SSSR count). The van der Waals surface area contributed by atoms with E-state index in [9.17, 15) is 9.59 Å². The van der Waals surface area contributed by atoms with Gasteiger partial charge in [-0.25, -0.2) is 4.98 Å². The van der Waals surface area contributed by atoms with E-state index < -0.39 is 5.91 Å². The molecule has 2 amide bonds. The highest BCUT2D eigenvalue weighted by atomic mass is 16.5. The lowest BCUT2D eigenvalue weighted by molar-refractivity contribution is 0.0993. The molecule has 0 aliphatic carbocycles. The van der Waals surface area contributed by atoms with Crippen molar-refractivity contribution in [2.24, 2.45) is 0 Å². The number of aromatic amines is 1. The predicted octanol–water partition coefficient (Wildman–Crippen LogP) is 4.46. The Morgan fingerprint density at radius 2 is 1.66 bits per heavy atom. The number of ether oxygens (including phenoxy) is 2. The van der Waals surface area contributed by atoms with Gasteiger partial charge in [0, 0.05) is 17.7 Å². The molecule has 2 heterocycles. The lowest BCUT2D eigenvalue weighted by Crippen LogP contribution is -2.15. The number of carbonyl (C=O) groups excluding carboxylic acids is 2. The number of furan rings is 1. The number of nitrogens with one attached hydrogen (secondary N) is 3. The average molecular weight is 434 g/mol. The van der Waals surface area contributed by atoms with Crippen molar-refractivity contribution in [1.29, 1.82) is 0 Å². The van der Waals surface area contributed by atoms with Gasteiger partial charge in [0.25, 0.3) is 11.8 Å². The third-order valence-corrected chi connectivity index (χ3v) is 4.61. The molecule has 0 aliphatic rings. The molecule has 0 saturated heterocycles. The van der Waals surface area contributed by atoms with Crippen LogP contribution in [-0.2, 0) is 0 Å². The number of carbonyl (C=O) groups is 2. The van der Waals surface area contributed by atoms with Crippen molar-refractivity contribution in [3.05, 3.63) is 66.4 Å². The topological polar surface area (TPSA) is 118 Å². The van der Waals surface area contributed by atoms with E-state index in [-0.39, 0.29) is 11.7 Å². The highest BCUT2D eigenvalue weighted by Crippen LogP contribution is 2.37. The minimum absolute atomic E-state index is 0.164. The molecule has 4 aromatic rings. The van der Waals surface area contributed by atoms with Crippen molar-refractivity contribution < 1.29 is 23.5 Å². The molecule has 0 unspecified atom stereocenters. The third kappa shape index (κ3) is 4.41. The molecule has 9 nitrogen and oxygen atoms in total. The molecule has 164 valence electrons. The van der Waals surface area contributed by atoms with Crippen molar-refractivity contribution in [1.82, 2.24) is 9.97 Å². The van der Waals surface area contributed by atoms with Crippen LogP contribution in [0, 0.1) is 0 Å². The van der Waals surface area contributed by atoms with Gasteiger partial charge in [-0.1, -0.05) is 0 Å². The van der Waals surface area contributed by atoms with E-state index in [0.717, 1.165) is 11.0 Å². The Morgan fingerprint density at radius 3 is 2.28 bits per heavy atom. The molecule has 2 aromatic carbocycles. The summed E-state index contributed by atoms with van der Waals surface area (Å²) in [6.07, 6.45) is 2.99. The third-order valence-electron chi connectivity index (χ3n) is 4.61. The van der Waals surface area contributed by atoms with Gasteiger partial charge in [-0.3, -0.25) is 9.59 Å². The van der Waals surface area contributed by atoms with Gasteiger partial charge >= 0.3 is 0 Å². The molecule has 0 radical (unpaired) electrons. The second kappa shape index (κ2) is 9.25. The number of hydrogen-bond acceptors (Lipinski definition) is 6. The Bertz CT molecular complexity index is 1250. The van der Waals surface area contributed by atoms with Crippen molar-refractivity contribution in [3.63, 3.8) is 0 Å². The van der Waals surface area contributed by atoms with Crippen LogP contribution >= 0.6 is 0 Å². The molecule has 0 saturated carbocycles. The highest BCUT2D eigenvalue weighted by Gasteiger charge is 2.18. The number of amides is 2. The summed E-state index contributed by atoms with van der Waals surface area (Å²) in [5.74, 6) is 0.189. The molecule has 0 aliphatic heterocycles. The lowest BCUT2D eigenvalue weighted by atomic mass is 10.1. The monoisotopic (exact) mass is 434 g/mol. The molecular formula is C23H22N4O5. The minimum Gasteiger partial charge on any atom is -0.492 e. The summed E-state index contributed by atoms with van der Waals surface area (Å²) in [5, 5.41) is 5.63. The van der Waals surface area contributed by atoms with Crippen molar-refractivity contribution in [3.8, 4) is 11.5 Å². The summed E-state index contributed by atoms with van der Waals surface area (Å²) in [7, 11) is 0. The Hall–Kier alpha value is -4.27. The predicted molar refractivity (Wildman–Crippen MR) is 119 cm³/mol. The maximum atomic E-state index is 12.9. The number of benzene rings is 2. The maximum Gasteiger partial charge on any atom is 0.291 e. The lowest BCUT2D eigenvalue weighted by Gasteiger charge is -2.17. The first-order valence-corrected chi connectivity index (χ1v) is 10.1. The molecule has 32 heavy (non-hydrogen) atoms. The second-order valence-electron chi connectivity index (χ2n) is 6.73. The van der Waals surface area contributed by atoms with Crippen LogP contribution in [0.4, 0.5) is 11.4 Å². The zero-order valence-corrected chi connectivity index (χ0v) is 17.6. The Kier molecular flexibility index (Phi) is 6.07. The molecule has 2 aromatic heterocycles. The van der Waals surface area contributed by atoms with E-state index in [0.29, 0.717) is 41.7 Å². The number of imidazole rings is 1. The van der Waals surface area contributed by atoms with Gasteiger partial charge in [0.05, 0.1) is 48.2 Å². The maximum absolute atomic E-state index is 12.9. The molecule has 0 spiro atoms. The number of anilines is 2. The standard InChI is InChI=1S/C23H22N4O5/c1-3-30-20-12-18(27-23(29)19-6-5-9-32-19)21(31-4-2)11-17(20)26-22(28)14-7-8-15-16(10-14)25-13-24-15/h5-13H,3-4H2,1-2H3,(H,24,25)(H,26,28)(H,27,29). The summed E-state index contributed by atoms with van der Waals surface area (Å²) in [4.78, 5) is 32.5. The van der Waals surface area contributed by atoms with Gasteiger partial charge in [-0.05, 0) is 44.2 Å². The largest absolute Gasteiger partial charge is 0.492 e. The minimum atomic E-state index is -0.428. The van der Waals surface area contributed by atoms with E-state index in [4.69, 9.17) is 13.9 Å². The summed E-state index contributed by atoms with van der Waals surface area (Å²) in [6, 6.07) is 11.6. The van der Waals surface area contributed by atoms with Crippen LogP contribution in [0.2, 0.25) is 0 Å². The number of nitrogens with zero attached hydrogens (tertiary/aromatic N) is 1. The van der Waals surface area contributed by atoms with Gasteiger partial charge in [-0.15, -0.1) is 0 Å². The zero-order chi connectivity index (χ0) is 22.5. The van der Waals surface area contributed by atoms with E-state index >= 15 is 0 Å². The average Bonchev–Trinajstić information content (AvgIpc) is 3.48. The summed E-state index contributed by atoms with van der Waals surface area (Å²) >= 11 is 0. The van der Waals surface area contributed by atoms with Crippen LogP contribution < -0.4 is 20.1 Å². The van der Waals surface area contributed by atoms with Gasteiger partial charge in [-0.2, -0.15) is 0 Å². The van der Waals surface area contributed by atoms with Gasteiger partial charge in [0.2, 0.25) is 0 Å². The van der Waals surface area contributed by atoms with E-state index in [1.54, 1.807) is 48.8 Å². The van der Waals surface area contributed by atoms with E-state index in [1.165, 1.54) is 6.26 Å². The molecule has 0 bridgehead atoms. The Balaban J connectivity index is 1.64. The first-order valence-electron chi connectivity index (χ1n) is 10.1. The molecule has 9 heteroatoms. The van der Waals surface area contributed by atoms with Gasteiger partial charge < -0.3 is 29.5 Å². The van der Waals surface area contributed by atoms with Gasteiger partial charge in [0.1, 0.15) is 11.5 Å². The number of rotatable bonds is 8. The number of fused-ring (bicyclic) bond motifs is 1. The summed E-state index contributed by atoms with van der Waals surface area (Å²) in [5.41, 5.74) is 2.80. The SMILES string of the molecule is CCOc1cc(NC(=O)c2ccco2)c(OCC)cc1NC(=O)c1ccc2nc[nH]c2c1. The van der Waals surface area contributed by atoms with Crippen molar-refractivity contribution in [2.45, 2.75) is 13.8 Å². The number of aromatic nitrogens is 2. The van der Waals surface area contributed by atoms with Gasteiger partial charge in [0.15, 0.2) is 5.76 Å². The van der Waals surface area contributed by atoms with Crippen LogP contribution in [0.5, 0.6) is 11.5 Å². The van der Waals surface area contributed by atoms with E-state index in [1.807, 2.05) is 13.8 Å². The quantitative estimate of drug-likeness (QED) is 0.377.